The molecule has 0 spiro atoms. The van der Waals surface area contributed by atoms with Crippen LogP contribution in [0.2, 0.25) is 0 Å². The third-order valence-electron chi connectivity index (χ3n) is 4.05. The van der Waals surface area contributed by atoms with Gasteiger partial charge in [-0.05, 0) is 42.8 Å². The van der Waals surface area contributed by atoms with Crippen molar-refractivity contribution in [2.75, 3.05) is 19.7 Å². The highest BCUT2D eigenvalue weighted by Gasteiger charge is 2.25. The summed E-state index contributed by atoms with van der Waals surface area (Å²) in [6.45, 7) is 0.430. The number of carboxylic acids is 1. The van der Waals surface area contributed by atoms with E-state index in [1.165, 1.54) is 36.4 Å². The smallest absolute Gasteiger partial charge is 0.323 e. The lowest BCUT2D eigenvalue weighted by Crippen LogP contribution is -2.48. The van der Waals surface area contributed by atoms with E-state index in [-0.39, 0.29) is 10.5 Å². The maximum absolute atomic E-state index is 12.3. The van der Waals surface area contributed by atoms with Gasteiger partial charge in [-0.25, -0.2) is 8.42 Å². The predicted octanol–water partition coefficient (Wildman–Crippen LogP) is 0.363. The number of carbonyl (C=O) groups is 3. The average molecular weight is 449 g/mol. The first-order valence-corrected chi connectivity index (χ1v) is 10.8. The molecule has 0 fully saturated rings. The van der Waals surface area contributed by atoms with Crippen molar-refractivity contribution in [2.45, 2.75) is 17.4 Å². The van der Waals surface area contributed by atoms with E-state index in [0.717, 1.165) is 0 Å². The van der Waals surface area contributed by atoms with Crippen LogP contribution in [0.4, 0.5) is 0 Å². The van der Waals surface area contributed by atoms with Crippen LogP contribution in [0.25, 0.3) is 0 Å². The molecule has 4 N–H and O–H groups in total. The Bertz CT molecular complexity index is 980. The van der Waals surface area contributed by atoms with Crippen LogP contribution in [0.15, 0.2) is 59.5 Å². The zero-order chi connectivity index (χ0) is 22.7. The van der Waals surface area contributed by atoms with Gasteiger partial charge in [0.2, 0.25) is 16.4 Å². The van der Waals surface area contributed by atoms with Crippen LogP contribution in [0, 0.1) is 0 Å². The van der Waals surface area contributed by atoms with Crippen molar-refractivity contribution in [3.8, 4) is 5.75 Å². The SMILES string of the molecule is O=CNCCCOc1ccc(C(=O)NC[C@H](NS(=O)(=O)c2ccccc2)C(=O)O)cc1. The van der Waals surface area contributed by atoms with Gasteiger partial charge in [-0.3, -0.25) is 14.4 Å². The summed E-state index contributed by atoms with van der Waals surface area (Å²) < 4.78 is 32.2. The largest absolute Gasteiger partial charge is 0.494 e. The van der Waals surface area contributed by atoms with Crippen molar-refractivity contribution in [2.24, 2.45) is 0 Å². The molecule has 0 aliphatic carbocycles. The summed E-state index contributed by atoms with van der Waals surface area (Å²) >= 11 is 0. The second-order valence-corrected chi connectivity index (χ2v) is 8.05. The monoisotopic (exact) mass is 449 g/mol. The van der Waals surface area contributed by atoms with E-state index in [4.69, 9.17) is 4.74 Å². The van der Waals surface area contributed by atoms with Crippen LogP contribution in [0.5, 0.6) is 5.75 Å². The standard InChI is InChI=1S/C20H23N3O7S/c24-14-21-11-4-12-30-16-9-7-15(8-10-16)19(25)22-13-18(20(26)27)23-31(28,29)17-5-2-1-3-6-17/h1-3,5-10,14,18,23H,4,11-13H2,(H,21,24)(H,22,25)(H,26,27)/t18-/m0/s1. The molecule has 0 heterocycles. The van der Waals surface area contributed by atoms with Gasteiger partial charge in [0, 0.05) is 18.7 Å². The number of hydrogen-bond acceptors (Lipinski definition) is 6. The van der Waals surface area contributed by atoms with Crippen molar-refractivity contribution in [3.05, 3.63) is 60.2 Å². The van der Waals surface area contributed by atoms with Gasteiger partial charge < -0.3 is 20.5 Å². The molecule has 2 amide bonds. The second kappa shape index (κ2) is 11.7. The summed E-state index contributed by atoms with van der Waals surface area (Å²) in [6.07, 6.45) is 1.23. The van der Waals surface area contributed by atoms with Gasteiger partial charge in [0.15, 0.2) is 0 Å². The Kier molecular flexibility index (Phi) is 8.97. The zero-order valence-corrected chi connectivity index (χ0v) is 17.3. The first-order chi connectivity index (χ1) is 14.8. The summed E-state index contributed by atoms with van der Waals surface area (Å²) in [5, 5.41) is 14.2. The van der Waals surface area contributed by atoms with Gasteiger partial charge in [-0.15, -0.1) is 0 Å². The molecule has 0 aliphatic rings. The molecule has 0 unspecified atom stereocenters. The van der Waals surface area contributed by atoms with Gasteiger partial charge in [0.25, 0.3) is 5.91 Å². The van der Waals surface area contributed by atoms with Crippen LogP contribution in [0.3, 0.4) is 0 Å². The fourth-order valence-electron chi connectivity index (χ4n) is 2.46. The number of ether oxygens (including phenoxy) is 1. The molecule has 0 aromatic heterocycles. The summed E-state index contributed by atoms with van der Waals surface area (Å²) in [5.41, 5.74) is 0.255. The van der Waals surface area contributed by atoms with Crippen LogP contribution >= 0.6 is 0 Å². The number of carboxylic acid groups (broad SMARTS) is 1. The first kappa shape index (κ1) is 23.8. The lowest BCUT2D eigenvalue weighted by molar-refractivity contribution is -0.138. The summed E-state index contributed by atoms with van der Waals surface area (Å²) in [5.74, 6) is -1.46. The van der Waals surface area contributed by atoms with Crippen molar-refractivity contribution >= 4 is 28.3 Å². The third kappa shape index (κ3) is 7.72. The van der Waals surface area contributed by atoms with Gasteiger partial charge in [0.05, 0.1) is 11.5 Å². The van der Waals surface area contributed by atoms with Crippen molar-refractivity contribution in [1.82, 2.24) is 15.4 Å². The highest BCUT2D eigenvalue weighted by molar-refractivity contribution is 7.89. The number of carbonyl (C=O) groups excluding carboxylic acids is 2. The molecule has 2 rings (SSSR count). The number of benzene rings is 2. The third-order valence-corrected chi connectivity index (χ3v) is 5.54. The van der Waals surface area contributed by atoms with Gasteiger partial charge in [-0.1, -0.05) is 18.2 Å². The molecular weight excluding hydrogens is 426 g/mol. The Morgan fingerprint density at radius 1 is 1.06 bits per heavy atom. The minimum absolute atomic E-state index is 0.0786. The normalized spacial score (nSPS) is 11.9. The molecule has 0 aliphatic heterocycles. The zero-order valence-electron chi connectivity index (χ0n) is 16.5. The van der Waals surface area contributed by atoms with Gasteiger partial charge in [-0.2, -0.15) is 4.72 Å². The van der Waals surface area contributed by atoms with E-state index < -0.39 is 34.5 Å². The first-order valence-electron chi connectivity index (χ1n) is 9.32. The molecule has 0 saturated carbocycles. The molecule has 11 heteroatoms. The van der Waals surface area contributed by atoms with E-state index in [9.17, 15) is 27.9 Å². The molecule has 0 saturated heterocycles. The molecule has 2 aromatic carbocycles. The molecule has 166 valence electrons. The summed E-state index contributed by atoms with van der Waals surface area (Å²) in [4.78, 5) is 33.8. The number of nitrogens with one attached hydrogen (secondary N) is 3. The van der Waals surface area contributed by atoms with Crippen molar-refractivity contribution < 1.29 is 32.6 Å². The molecule has 1 atom stereocenters. The van der Waals surface area contributed by atoms with Crippen LogP contribution in [-0.4, -0.2) is 57.5 Å². The molecule has 0 bridgehead atoms. The minimum atomic E-state index is -4.06. The van der Waals surface area contributed by atoms with Crippen LogP contribution in [-0.2, 0) is 19.6 Å². The Labute approximate surface area is 179 Å². The fourth-order valence-corrected chi connectivity index (χ4v) is 3.67. The predicted molar refractivity (Wildman–Crippen MR) is 111 cm³/mol. The Hall–Kier alpha value is -3.44. The maximum atomic E-state index is 12.3. The Morgan fingerprint density at radius 2 is 1.74 bits per heavy atom. The fraction of sp³-hybridized carbons (Fsp3) is 0.250. The number of hydrogen-bond donors (Lipinski definition) is 4. The van der Waals surface area contributed by atoms with Gasteiger partial charge >= 0.3 is 5.97 Å². The summed E-state index contributed by atoms with van der Waals surface area (Å²) in [7, 11) is -4.06. The van der Waals surface area contributed by atoms with Crippen LogP contribution < -0.4 is 20.1 Å². The molecule has 0 radical (unpaired) electrons. The second-order valence-electron chi connectivity index (χ2n) is 6.33. The minimum Gasteiger partial charge on any atom is -0.494 e. The number of rotatable bonds is 13. The van der Waals surface area contributed by atoms with E-state index in [2.05, 4.69) is 15.4 Å². The lowest BCUT2D eigenvalue weighted by Gasteiger charge is -2.16. The maximum Gasteiger partial charge on any atom is 0.323 e. The quantitative estimate of drug-likeness (QED) is 0.255. The Morgan fingerprint density at radius 3 is 2.35 bits per heavy atom. The highest BCUT2D eigenvalue weighted by atomic mass is 32.2. The highest BCUT2D eigenvalue weighted by Crippen LogP contribution is 2.13. The number of aliphatic carboxylic acids is 1. The molecular formula is C20H23N3O7S. The van der Waals surface area contributed by atoms with E-state index in [0.29, 0.717) is 31.7 Å². The molecule has 10 nitrogen and oxygen atoms in total. The van der Waals surface area contributed by atoms with Crippen LogP contribution in [0.1, 0.15) is 16.8 Å². The lowest BCUT2D eigenvalue weighted by atomic mass is 10.2. The Balaban J connectivity index is 1.90. The van der Waals surface area contributed by atoms with Crippen molar-refractivity contribution in [1.29, 1.82) is 0 Å². The van der Waals surface area contributed by atoms with E-state index >= 15 is 0 Å². The topological polar surface area (TPSA) is 151 Å². The van der Waals surface area contributed by atoms with E-state index in [1.54, 1.807) is 18.2 Å². The summed E-state index contributed by atoms with van der Waals surface area (Å²) in [6, 6.07) is 11.9. The van der Waals surface area contributed by atoms with Gasteiger partial charge in [0.1, 0.15) is 11.8 Å². The van der Waals surface area contributed by atoms with E-state index in [1.807, 2.05) is 0 Å². The average Bonchev–Trinajstić information content (AvgIpc) is 2.77. The van der Waals surface area contributed by atoms with Crippen molar-refractivity contribution in [3.63, 3.8) is 0 Å². The number of sulfonamides is 1. The number of amides is 2. The molecule has 31 heavy (non-hydrogen) atoms. The molecule has 2 aromatic rings.